The van der Waals surface area contributed by atoms with Crippen LogP contribution in [0.2, 0.25) is 0 Å². The van der Waals surface area contributed by atoms with E-state index >= 15 is 0 Å². The second kappa shape index (κ2) is 3.62. The van der Waals surface area contributed by atoms with Crippen molar-refractivity contribution >= 4 is 5.82 Å². The fraction of sp³-hybridized carbons (Fsp3) is 0.444. The van der Waals surface area contributed by atoms with E-state index in [0.717, 1.165) is 26.2 Å². The molecule has 0 saturated carbocycles. The molecular weight excluding hydrogens is 166 g/mol. The molecule has 1 saturated heterocycles. The standard InChI is InChI=1S/C9H13N3O/c13-8-2-1-3-11-9(8)12-6-4-10-5-7-12/h1-3,10,13H,4-7H2. The van der Waals surface area contributed by atoms with E-state index in [-0.39, 0.29) is 5.75 Å². The monoisotopic (exact) mass is 179 g/mol. The maximum Gasteiger partial charge on any atom is 0.171 e. The quantitative estimate of drug-likeness (QED) is 0.646. The zero-order valence-corrected chi connectivity index (χ0v) is 7.40. The molecule has 0 aromatic carbocycles. The Labute approximate surface area is 77.2 Å². The van der Waals surface area contributed by atoms with E-state index in [1.165, 1.54) is 0 Å². The third-order valence-electron chi connectivity index (χ3n) is 2.18. The third-order valence-corrected chi connectivity index (χ3v) is 2.18. The number of piperazine rings is 1. The van der Waals surface area contributed by atoms with Crippen LogP contribution in [-0.4, -0.2) is 36.3 Å². The summed E-state index contributed by atoms with van der Waals surface area (Å²) in [5, 5.41) is 12.8. The van der Waals surface area contributed by atoms with Crippen molar-refractivity contribution in [3.63, 3.8) is 0 Å². The van der Waals surface area contributed by atoms with Gasteiger partial charge in [0.1, 0.15) is 0 Å². The lowest BCUT2D eigenvalue weighted by Gasteiger charge is -2.28. The Balaban J connectivity index is 2.18. The smallest absolute Gasteiger partial charge is 0.171 e. The average Bonchev–Trinajstić information content (AvgIpc) is 2.20. The average molecular weight is 179 g/mol. The van der Waals surface area contributed by atoms with Crippen molar-refractivity contribution in [2.45, 2.75) is 0 Å². The van der Waals surface area contributed by atoms with Gasteiger partial charge in [0, 0.05) is 32.4 Å². The molecule has 2 N–H and O–H groups in total. The fourth-order valence-electron chi connectivity index (χ4n) is 1.51. The van der Waals surface area contributed by atoms with E-state index in [2.05, 4.69) is 15.2 Å². The molecule has 2 rings (SSSR count). The van der Waals surface area contributed by atoms with Gasteiger partial charge in [0.2, 0.25) is 0 Å². The molecular formula is C9H13N3O. The van der Waals surface area contributed by atoms with E-state index in [1.54, 1.807) is 18.3 Å². The van der Waals surface area contributed by atoms with Gasteiger partial charge in [-0.2, -0.15) is 0 Å². The van der Waals surface area contributed by atoms with Gasteiger partial charge in [0.05, 0.1) is 0 Å². The molecule has 2 heterocycles. The summed E-state index contributed by atoms with van der Waals surface area (Å²) < 4.78 is 0. The molecule has 70 valence electrons. The topological polar surface area (TPSA) is 48.4 Å². The Morgan fingerprint density at radius 1 is 1.38 bits per heavy atom. The number of aromatic nitrogens is 1. The van der Waals surface area contributed by atoms with Crippen molar-refractivity contribution in [1.29, 1.82) is 0 Å². The highest BCUT2D eigenvalue weighted by atomic mass is 16.3. The summed E-state index contributed by atoms with van der Waals surface area (Å²) in [5.41, 5.74) is 0. The SMILES string of the molecule is Oc1cccnc1N1CCNCC1. The van der Waals surface area contributed by atoms with Crippen LogP contribution in [-0.2, 0) is 0 Å². The molecule has 0 unspecified atom stereocenters. The van der Waals surface area contributed by atoms with Crippen LogP contribution in [0.15, 0.2) is 18.3 Å². The molecule has 1 fully saturated rings. The van der Waals surface area contributed by atoms with Gasteiger partial charge in [-0.3, -0.25) is 0 Å². The Hall–Kier alpha value is -1.29. The summed E-state index contributed by atoms with van der Waals surface area (Å²) in [4.78, 5) is 6.24. The summed E-state index contributed by atoms with van der Waals surface area (Å²) in [6, 6.07) is 3.41. The van der Waals surface area contributed by atoms with Gasteiger partial charge in [-0.15, -0.1) is 0 Å². The minimum absolute atomic E-state index is 0.268. The summed E-state index contributed by atoms with van der Waals surface area (Å²) in [7, 11) is 0. The van der Waals surface area contributed by atoms with E-state index in [0.29, 0.717) is 5.82 Å². The van der Waals surface area contributed by atoms with Crippen molar-refractivity contribution in [1.82, 2.24) is 10.3 Å². The summed E-state index contributed by atoms with van der Waals surface area (Å²) in [6.07, 6.45) is 1.71. The lowest BCUT2D eigenvalue weighted by molar-refractivity contribution is 0.467. The molecule has 1 aromatic rings. The summed E-state index contributed by atoms with van der Waals surface area (Å²) >= 11 is 0. The molecule has 0 aliphatic carbocycles. The van der Waals surface area contributed by atoms with Gasteiger partial charge in [-0.1, -0.05) is 0 Å². The maximum absolute atomic E-state index is 9.54. The van der Waals surface area contributed by atoms with Gasteiger partial charge in [-0.25, -0.2) is 4.98 Å². The molecule has 0 bridgehead atoms. The lowest BCUT2D eigenvalue weighted by Crippen LogP contribution is -2.43. The molecule has 13 heavy (non-hydrogen) atoms. The number of nitrogens with one attached hydrogen (secondary N) is 1. The van der Waals surface area contributed by atoms with E-state index < -0.39 is 0 Å². The highest BCUT2D eigenvalue weighted by molar-refractivity contribution is 5.51. The molecule has 0 radical (unpaired) electrons. The number of anilines is 1. The molecule has 1 aromatic heterocycles. The van der Waals surface area contributed by atoms with Gasteiger partial charge in [0.15, 0.2) is 11.6 Å². The Morgan fingerprint density at radius 2 is 2.15 bits per heavy atom. The summed E-state index contributed by atoms with van der Waals surface area (Å²) in [5.74, 6) is 0.966. The van der Waals surface area contributed by atoms with E-state index in [1.807, 2.05) is 0 Å². The normalized spacial score (nSPS) is 17.4. The first-order chi connectivity index (χ1) is 6.38. The molecule has 4 heteroatoms. The summed E-state index contributed by atoms with van der Waals surface area (Å²) in [6.45, 7) is 3.72. The molecule has 1 aliphatic rings. The van der Waals surface area contributed by atoms with Crippen LogP contribution >= 0.6 is 0 Å². The van der Waals surface area contributed by atoms with Crippen LogP contribution < -0.4 is 10.2 Å². The number of hydrogen-bond donors (Lipinski definition) is 2. The highest BCUT2D eigenvalue weighted by Gasteiger charge is 2.13. The largest absolute Gasteiger partial charge is 0.504 e. The Kier molecular flexibility index (Phi) is 2.31. The molecule has 1 aliphatic heterocycles. The minimum atomic E-state index is 0.268. The number of nitrogens with zero attached hydrogens (tertiary/aromatic N) is 2. The van der Waals surface area contributed by atoms with Gasteiger partial charge in [0.25, 0.3) is 0 Å². The number of rotatable bonds is 1. The molecule has 4 nitrogen and oxygen atoms in total. The zero-order valence-electron chi connectivity index (χ0n) is 7.40. The van der Waals surface area contributed by atoms with Gasteiger partial charge in [-0.05, 0) is 12.1 Å². The van der Waals surface area contributed by atoms with Crippen molar-refractivity contribution in [3.8, 4) is 5.75 Å². The number of aromatic hydroxyl groups is 1. The zero-order chi connectivity index (χ0) is 9.10. The molecule has 0 amide bonds. The first kappa shape index (κ1) is 8.31. The predicted octanol–water partition coefficient (Wildman–Crippen LogP) is 0.197. The minimum Gasteiger partial charge on any atom is -0.504 e. The maximum atomic E-state index is 9.54. The van der Waals surface area contributed by atoms with Crippen molar-refractivity contribution < 1.29 is 5.11 Å². The number of pyridine rings is 1. The van der Waals surface area contributed by atoms with Crippen LogP contribution in [0, 0.1) is 0 Å². The second-order valence-corrected chi connectivity index (χ2v) is 3.08. The van der Waals surface area contributed by atoms with Crippen LogP contribution in [0.5, 0.6) is 5.75 Å². The highest BCUT2D eigenvalue weighted by Crippen LogP contribution is 2.23. The fourth-order valence-corrected chi connectivity index (χ4v) is 1.51. The van der Waals surface area contributed by atoms with Crippen LogP contribution in [0.4, 0.5) is 5.82 Å². The lowest BCUT2D eigenvalue weighted by atomic mass is 10.3. The van der Waals surface area contributed by atoms with Gasteiger partial charge >= 0.3 is 0 Å². The molecule has 0 atom stereocenters. The first-order valence-corrected chi connectivity index (χ1v) is 4.47. The predicted molar refractivity (Wildman–Crippen MR) is 51.0 cm³/mol. The van der Waals surface area contributed by atoms with Crippen molar-refractivity contribution in [2.75, 3.05) is 31.1 Å². The van der Waals surface area contributed by atoms with Crippen LogP contribution in [0.1, 0.15) is 0 Å². The Morgan fingerprint density at radius 3 is 2.85 bits per heavy atom. The third kappa shape index (κ3) is 1.72. The Bertz CT molecular complexity index is 284. The van der Waals surface area contributed by atoms with Gasteiger partial charge < -0.3 is 15.3 Å². The molecule has 0 spiro atoms. The van der Waals surface area contributed by atoms with Crippen LogP contribution in [0.25, 0.3) is 0 Å². The second-order valence-electron chi connectivity index (χ2n) is 3.08. The van der Waals surface area contributed by atoms with Crippen molar-refractivity contribution in [2.24, 2.45) is 0 Å². The first-order valence-electron chi connectivity index (χ1n) is 4.47. The van der Waals surface area contributed by atoms with Crippen molar-refractivity contribution in [3.05, 3.63) is 18.3 Å². The van der Waals surface area contributed by atoms with E-state index in [9.17, 15) is 5.11 Å². The van der Waals surface area contributed by atoms with Crippen LogP contribution in [0.3, 0.4) is 0 Å². The van der Waals surface area contributed by atoms with E-state index in [4.69, 9.17) is 0 Å². The number of hydrogen-bond acceptors (Lipinski definition) is 4.